The van der Waals surface area contributed by atoms with Gasteiger partial charge in [0.1, 0.15) is 11.4 Å². The second kappa shape index (κ2) is 8.45. The third-order valence-electron chi connectivity index (χ3n) is 3.81. The van der Waals surface area contributed by atoms with Gasteiger partial charge in [0.2, 0.25) is 0 Å². The van der Waals surface area contributed by atoms with E-state index in [0.717, 1.165) is 9.37 Å². The highest BCUT2D eigenvalue weighted by Crippen LogP contribution is 2.28. The van der Waals surface area contributed by atoms with Gasteiger partial charge in [-0.2, -0.15) is 0 Å². The number of rotatable bonds is 5. The molecule has 0 aromatic heterocycles. The van der Waals surface area contributed by atoms with E-state index in [1.165, 1.54) is 13.2 Å². The van der Waals surface area contributed by atoms with Crippen LogP contribution in [0.2, 0.25) is 5.02 Å². The Morgan fingerprint density at radius 2 is 1.93 bits per heavy atom. The molecule has 0 spiro atoms. The molecule has 7 nitrogen and oxygen atoms in total. The van der Waals surface area contributed by atoms with Crippen LogP contribution in [-0.2, 0) is 14.3 Å². The molecule has 1 heterocycles. The fraction of sp³-hybridized carbons (Fsp3) is 0.105. The number of methoxy groups -OCH3 is 1. The fourth-order valence-corrected chi connectivity index (χ4v) is 2.98. The normalized spacial score (nSPS) is 15.0. The molecule has 1 N–H and O–H groups in total. The maximum atomic E-state index is 12.7. The smallest absolute Gasteiger partial charge is 0.343 e. The highest BCUT2D eigenvalue weighted by molar-refractivity contribution is 9.10. The fourth-order valence-electron chi connectivity index (χ4n) is 2.47. The lowest BCUT2D eigenvalue weighted by Crippen LogP contribution is -2.30. The van der Waals surface area contributed by atoms with E-state index in [1.54, 1.807) is 42.5 Å². The minimum Gasteiger partial charge on any atom is -0.481 e. The molecule has 3 rings (SSSR count). The predicted octanol–water partition coefficient (Wildman–Crippen LogP) is 3.75. The van der Waals surface area contributed by atoms with E-state index < -0.39 is 17.9 Å². The molecule has 0 unspecified atom stereocenters. The Hall–Kier alpha value is -2.84. The average molecular weight is 466 g/mol. The number of amides is 3. The molecular formula is C19H14BrClN2O5. The third kappa shape index (κ3) is 4.35. The van der Waals surface area contributed by atoms with Gasteiger partial charge in [0.25, 0.3) is 5.91 Å². The summed E-state index contributed by atoms with van der Waals surface area (Å²) in [5.74, 6) is -0.708. The SMILES string of the molecule is COC(=O)COc1ccc(Br)cc1/C=C1/NC(=O)N(c2ccc(Cl)cc2)C1=O. The molecule has 0 saturated carbocycles. The number of hydrogen-bond acceptors (Lipinski definition) is 5. The highest BCUT2D eigenvalue weighted by Gasteiger charge is 2.35. The summed E-state index contributed by atoms with van der Waals surface area (Å²) in [6.45, 7) is -0.286. The van der Waals surface area contributed by atoms with Crippen molar-refractivity contribution in [1.82, 2.24) is 5.32 Å². The number of esters is 1. The lowest BCUT2D eigenvalue weighted by Gasteiger charge is -2.11. The molecule has 0 radical (unpaired) electrons. The molecule has 28 heavy (non-hydrogen) atoms. The van der Waals surface area contributed by atoms with Gasteiger partial charge in [0.05, 0.1) is 12.8 Å². The van der Waals surface area contributed by atoms with Crippen molar-refractivity contribution in [3.63, 3.8) is 0 Å². The molecule has 0 aliphatic carbocycles. The van der Waals surface area contributed by atoms with E-state index in [2.05, 4.69) is 26.0 Å². The van der Waals surface area contributed by atoms with Crippen LogP contribution in [0.25, 0.3) is 6.08 Å². The minimum atomic E-state index is -0.578. The molecule has 1 fully saturated rings. The summed E-state index contributed by atoms with van der Waals surface area (Å²) in [4.78, 5) is 37.4. The van der Waals surface area contributed by atoms with Gasteiger partial charge < -0.3 is 14.8 Å². The van der Waals surface area contributed by atoms with Crippen molar-refractivity contribution < 1.29 is 23.9 Å². The molecule has 144 valence electrons. The van der Waals surface area contributed by atoms with Crippen LogP contribution in [0.15, 0.2) is 52.6 Å². The number of ether oxygens (including phenoxy) is 2. The van der Waals surface area contributed by atoms with Crippen LogP contribution in [0.4, 0.5) is 10.5 Å². The van der Waals surface area contributed by atoms with Crippen LogP contribution in [0.3, 0.4) is 0 Å². The molecule has 0 atom stereocenters. The van der Waals surface area contributed by atoms with E-state index in [9.17, 15) is 14.4 Å². The van der Waals surface area contributed by atoms with Gasteiger partial charge in [0.15, 0.2) is 6.61 Å². The first kappa shape index (κ1) is 19.9. The van der Waals surface area contributed by atoms with E-state index in [4.69, 9.17) is 16.3 Å². The number of nitrogens with one attached hydrogen (secondary N) is 1. The molecule has 1 saturated heterocycles. The zero-order chi connectivity index (χ0) is 20.3. The zero-order valence-corrected chi connectivity index (χ0v) is 16.9. The molecule has 1 aliphatic rings. The van der Waals surface area contributed by atoms with Crippen LogP contribution < -0.4 is 15.0 Å². The second-order valence-corrected chi connectivity index (χ2v) is 7.00. The van der Waals surface area contributed by atoms with E-state index in [1.807, 2.05) is 0 Å². The quantitative estimate of drug-likeness (QED) is 0.413. The standard InChI is InChI=1S/C19H14BrClN2O5/c1-27-17(24)10-28-16-7-2-12(20)8-11(16)9-15-18(25)23(19(26)22-15)14-5-3-13(21)4-6-14/h2-9H,10H2,1H3,(H,22,26)/b15-9+. The number of urea groups is 1. The van der Waals surface area contributed by atoms with Crippen LogP contribution in [-0.4, -0.2) is 31.6 Å². The lowest BCUT2D eigenvalue weighted by atomic mass is 10.1. The summed E-state index contributed by atoms with van der Waals surface area (Å²) < 4.78 is 10.7. The van der Waals surface area contributed by atoms with Crippen molar-refractivity contribution in [2.24, 2.45) is 0 Å². The molecule has 1 aliphatic heterocycles. The molecule has 0 bridgehead atoms. The van der Waals surface area contributed by atoms with Crippen molar-refractivity contribution in [2.75, 3.05) is 18.6 Å². The Labute approximate surface area is 174 Å². The van der Waals surface area contributed by atoms with Crippen molar-refractivity contribution in [1.29, 1.82) is 0 Å². The monoisotopic (exact) mass is 464 g/mol. The minimum absolute atomic E-state index is 0.0703. The van der Waals surface area contributed by atoms with Gasteiger partial charge in [-0.3, -0.25) is 4.79 Å². The first-order valence-corrected chi connectivity index (χ1v) is 9.18. The summed E-state index contributed by atoms with van der Waals surface area (Å²) in [6, 6.07) is 10.8. The number of nitrogens with zero attached hydrogens (tertiary/aromatic N) is 1. The molecule has 2 aromatic rings. The average Bonchev–Trinajstić information content (AvgIpc) is 2.95. The topological polar surface area (TPSA) is 84.9 Å². The van der Waals surface area contributed by atoms with Gasteiger partial charge in [0, 0.05) is 15.1 Å². The maximum Gasteiger partial charge on any atom is 0.343 e. The van der Waals surface area contributed by atoms with E-state index in [0.29, 0.717) is 22.0 Å². The van der Waals surface area contributed by atoms with Crippen molar-refractivity contribution >= 4 is 57.2 Å². The van der Waals surface area contributed by atoms with Crippen LogP contribution >= 0.6 is 27.5 Å². The van der Waals surface area contributed by atoms with Gasteiger partial charge in [-0.05, 0) is 48.5 Å². The predicted molar refractivity (Wildman–Crippen MR) is 107 cm³/mol. The second-order valence-electron chi connectivity index (χ2n) is 5.65. The summed E-state index contributed by atoms with van der Waals surface area (Å²) >= 11 is 9.21. The van der Waals surface area contributed by atoms with Crippen LogP contribution in [0.1, 0.15) is 5.56 Å². The van der Waals surface area contributed by atoms with Gasteiger partial charge in [-0.25, -0.2) is 14.5 Å². The maximum absolute atomic E-state index is 12.7. The summed E-state index contributed by atoms with van der Waals surface area (Å²) in [5.41, 5.74) is 0.965. The first-order chi connectivity index (χ1) is 13.4. The Bertz CT molecular complexity index is 975. The van der Waals surface area contributed by atoms with Crippen molar-refractivity contribution in [3.8, 4) is 5.75 Å². The summed E-state index contributed by atoms with van der Waals surface area (Å²) in [6.07, 6.45) is 1.48. The number of anilines is 1. The Morgan fingerprint density at radius 3 is 2.61 bits per heavy atom. The molecular weight excluding hydrogens is 452 g/mol. The van der Waals surface area contributed by atoms with Crippen LogP contribution in [0.5, 0.6) is 5.75 Å². The van der Waals surface area contributed by atoms with Gasteiger partial charge in [-0.15, -0.1) is 0 Å². The first-order valence-electron chi connectivity index (χ1n) is 8.01. The van der Waals surface area contributed by atoms with E-state index >= 15 is 0 Å². The van der Waals surface area contributed by atoms with Gasteiger partial charge >= 0.3 is 12.0 Å². The number of carbonyl (C=O) groups excluding carboxylic acids is 3. The highest BCUT2D eigenvalue weighted by atomic mass is 79.9. The molecule has 2 aromatic carbocycles. The largest absolute Gasteiger partial charge is 0.481 e. The third-order valence-corrected chi connectivity index (χ3v) is 4.55. The Kier molecular flexibility index (Phi) is 6.01. The number of benzene rings is 2. The Balaban J connectivity index is 1.90. The summed E-state index contributed by atoms with van der Waals surface area (Å²) in [5, 5.41) is 3.03. The van der Waals surface area contributed by atoms with Gasteiger partial charge in [-0.1, -0.05) is 27.5 Å². The number of hydrogen-bond donors (Lipinski definition) is 1. The number of imide groups is 1. The lowest BCUT2D eigenvalue weighted by molar-refractivity contribution is -0.142. The number of halogens is 2. The van der Waals surface area contributed by atoms with Crippen molar-refractivity contribution in [3.05, 3.63) is 63.2 Å². The molecule has 9 heteroatoms. The van der Waals surface area contributed by atoms with Crippen LogP contribution in [0, 0.1) is 0 Å². The van der Waals surface area contributed by atoms with E-state index in [-0.39, 0.29) is 12.3 Å². The number of carbonyl (C=O) groups is 3. The Morgan fingerprint density at radius 1 is 1.21 bits per heavy atom. The zero-order valence-electron chi connectivity index (χ0n) is 14.6. The van der Waals surface area contributed by atoms with Crippen molar-refractivity contribution in [2.45, 2.75) is 0 Å². The molecule has 3 amide bonds. The summed E-state index contributed by atoms with van der Waals surface area (Å²) in [7, 11) is 1.26.